The third kappa shape index (κ3) is 3.56. The van der Waals surface area contributed by atoms with Gasteiger partial charge in [-0.2, -0.15) is 0 Å². The number of aliphatic hydroxyl groups is 1. The van der Waals surface area contributed by atoms with Crippen molar-refractivity contribution in [3.8, 4) is 0 Å². The fraction of sp³-hybridized carbons (Fsp3) is 0.0556. The van der Waals surface area contributed by atoms with Gasteiger partial charge in [0.15, 0.2) is 0 Å². The highest BCUT2D eigenvalue weighted by atomic mass is 16.3. The summed E-state index contributed by atoms with van der Waals surface area (Å²) in [5.41, 5.74) is 0.947. The lowest BCUT2D eigenvalue weighted by Gasteiger charge is -1.97. The minimum atomic E-state index is -0.423. The molecule has 0 aliphatic rings. The van der Waals surface area contributed by atoms with Crippen molar-refractivity contribution in [1.29, 1.82) is 0 Å². The molecular weight excluding hydrogens is 306 g/mol. The van der Waals surface area contributed by atoms with Crippen LogP contribution in [-0.4, -0.2) is 20.1 Å². The largest absolute Gasteiger partial charge is 0.390 e. The first-order valence-corrected chi connectivity index (χ1v) is 7.33. The molecule has 0 spiro atoms. The lowest BCUT2D eigenvalue weighted by Crippen LogP contribution is -2.46. The van der Waals surface area contributed by atoms with Crippen molar-refractivity contribution in [3.63, 3.8) is 0 Å². The summed E-state index contributed by atoms with van der Waals surface area (Å²) in [5, 5.41) is 9.38. The summed E-state index contributed by atoms with van der Waals surface area (Å²) < 4.78 is 0. The number of H-pyrrole nitrogens is 2. The zero-order chi connectivity index (χ0) is 16.9. The molecule has 6 nitrogen and oxygen atoms in total. The number of hydrogen-bond acceptors (Lipinski definition) is 4. The van der Waals surface area contributed by atoms with Gasteiger partial charge in [0.05, 0.1) is 18.0 Å². The Labute approximate surface area is 136 Å². The number of rotatable bonds is 3. The molecule has 0 aliphatic carbocycles. The SMILES string of the molecule is O=c1[nH]/c(=C\c2cccc(CO)n2)c(=O)[nH]/c1=C\c1ccccc1. The Morgan fingerprint density at radius 1 is 0.875 bits per heavy atom. The molecule has 0 saturated carbocycles. The molecule has 0 fully saturated rings. The summed E-state index contributed by atoms with van der Waals surface area (Å²) in [5.74, 6) is 0. The third-order valence-electron chi connectivity index (χ3n) is 3.38. The molecule has 6 heteroatoms. The molecule has 3 N–H and O–H groups in total. The van der Waals surface area contributed by atoms with E-state index in [0.717, 1.165) is 5.56 Å². The average molecular weight is 321 g/mol. The Hall–Kier alpha value is -3.25. The maximum Gasteiger partial charge on any atom is 0.272 e. The van der Waals surface area contributed by atoms with Crippen molar-refractivity contribution in [1.82, 2.24) is 15.0 Å². The van der Waals surface area contributed by atoms with Crippen LogP contribution in [0.3, 0.4) is 0 Å². The van der Waals surface area contributed by atoms with E-state index in [1.807, 2.05) is 30.3 Å². The minimum Gasteiger partial charge on any atom is -0.390 e. The molecule has 0 atom stereocenters. The average Bonchev–Trinajstić information content (AvgIpc) is 2.60. The molecule has 2 heterocycles. The number of aromatic amines is 2. The molecular formula is C18H15N3O3. The summed E-state index contributed by atoms with van der Waals surface area (Å²) >= 11 is 0. The first kappa shape index (κ1) is 15.6. The number of aromatic nitrogens is 3. The lowest BCUT2D eigenvalue weighted by molar-refractivity contribution is 0.277. The van der Waals surface area contributed by atoms with Gasteiger partial charge in [0, 0.05) is 0 Å². The van der Waals surface area contributed by atoms with Crippen LogP contribution in [0.1, 0.15) is 17.0 Å². The first-order chi connectivity index (χ1) is 11.7. The van der Waals surface area contributed by atoms with Crippen molar-refractivity contribution in [3.05, 3.63) is 96.9 Å². The number of hydrogen-bond donors (Lipinski definition) is 3. The fourth-order valence-corrected chi connectivity index (χ4v) is 2.23. The van der Waals surface area contributed by atoms with Crippen LogP contribution in [0, 0.1) is 0 Å². The van der Waals surface area contributed by atoms with E-state index in [1.54, 1.807) is 24.3 Å². The van der Waals surface area contributed by atoms with Crippen molar-refractivity contribution in [2.24, 2.45) is 0 Å². The van der Waals surface area contributed by atoms with Crippen LogP contribution in [0.25, 0.3) is 12.2 Å². The second-order valence-corrected chi connectivity index (χ2v) is 5.15. The van der Waals surface area contributed by atoms with E-state index in [-0.39, 0.29) is 17.3 Å². The maximum atomic E-state index is 12.2. The zero-order valence-corrected chi connectivity index (χ0v) is 12.7. The highest BCUT2D eigenvalue weighted by molar-refractivity contribution is 5.47. The Morgan fingerprint density at radius 3 is 2.21 bits per heavy atom. The second-order valence-electron chi connectivity index (χ2n) is 5.15. The monoisotopic (exact) mass is 321 g/mol. The molecule has 120 valence electrons. The van der Waals surface area contributed by atoms with E-state index in [4.69, 9.17) is 5.11 Å². The van der Waals surface area contributed by atoms with E-state index < -0.39 is 11.1 Å². The molecule has 0 bridgehead atoms. The molecule has 0 unspecified atom stereocenters. The predicted molar refractivity (Wildman–Crippen MR) is 90.7 cm³/mol. The van der Waals surface area contributed by atoms with E-state index in [2.05, 4.69) is 15.0 Å². The van der Waals surface area contributed by atoms with Gasteiger partial charge >= 0.3 is 0 Å². The highest BCUT2D eigenvalue weighted by Gasteiger charge is 1.98. The summed E-state index contributed by atoms with van der Waals surface area (Å²) in [6.45, 7) is -0.195. The molecule has 2 aromatic heterocycles. The van der Waals surface area contributed by atoms with Gasteiger partial charge in [-0.05, 0) is 29.8 Å². The van der Waals surface area contributed by atoms with Crippen LogP contribution >= 0.6 is 0 Å². The Bertz CT molecular complexity index is 1080. The number of benzene rings is 1. The molecule has 3 rings (SSSR count). The molecule has 3 aromatic rings. The maximum absolute atomic E-state index is 12.2. The molecule has 0 saturated heterocycles. The van der Waals surface area contributed by atoms with Gasteiger partial charge in [0.2, 0.25) is 0 Å². The van der Waals surface area contributed by atoms with Gasteiger partial charge in [0.25, 0.3) is 11.1 Å². The quantitative estimate of drug-likeness (QED) is 0.612. The summed E-state index contributed by atoms with van der Waals surface area (Å²) in [7, 11) is 0. The summed E-state index contributed by atoms with van der Waals surface area (Å²) in [6.07, 6.45) is 3.07. The van der Waals surface area contributed by atoms with Gasteiger partial charge < -0.3 is 15.1 Å². The molecule has 0 aliphatic heterocycles. The van der Waals surface area contributed by atoms with Crippen molar-refractivity contribution in [2.75, 3.05) is 0 Å². The van der Waals surface area contributed by atoms with Crippen LogP contribution in [-0.2, 0) is 6.61 Å². The molecule has 0 amide bonds. The highest BCUT2D eigenvalue weighted by Crippen LogP contribution is 1.99. The van der Waals surface area contributed by atoms with Crippen molar-refractivity contribution >= 4 is 12.2 Å². The standard InChI is InChI=1S/C18H15N3O3/c22-11-14-8-4-7-13(19-14)10-16-18(24)20-15(17(23)21-16)9-12-5-2-1-3-6-12/h1-10,22H,11H2,(H,20,24)(H,21,23)/b15-9-,16-10-. The molecule has 1 aromatic carbocycles. The van der Waals surface area contributed by atoms with Gasteiger partial charge in [-0.25, -0.2) is 0 Å². The fourth-order valence-electron chi connectivity index (χ4n) is 2.23. The van der Waals surface area contributed by atoms with Gasteiger partial charge in [-0.1, -0.05) is 36.4 Å². The molecule has 24 heavy (non-hydrogen) atoms. The number of nitrogens with one attached hydrogen (secondary N) is 2. The van der Waals surface area contributed by atoms with Crippen LogP contribution in [0.5, 0.6) is 0 Å². The predicted octanol–water partition coefficient (Wildman–Crippen LogP) is -0.392. The van der Waals surface area contributed by atoms with Crippen LogP contribution in [0.15, 0.2) is 58.1 Å². The van der Waals surface area contributed by atoms with E-state index in [9.17, 15) is 9.59 Å². The number of nitrogens with zero attached hydrogens (tertiary/aromatic N) is 1. The normalized spacial score (nSPS) is 12.5. The smallest absolute Gasteiger partial charge is 0.272 e. The topological polar surface area (TPSA) is 98.8 Å². The van der Waals surface area contributed by atoms with Crippen LogP contribution in [0.4, 0.5) is 0 Å². The van der Waals surface area contributed by atoms with Gasteiger partial charge in [-0.15, -0.1) is 0 Å². The Morgan fingerprint density at radius 2 is 1.54 bits per heavy atom. The second kappa shape index (κ2) is 6.89. The van der Waals surface area contributed by atoms with Gasteiger partial charge in [-0.3, -0.25) is 14.6 Å². The van der Waals surface area contributed by atoms with Gasteiger partial charge in [0.1, 0.15) is 10.7 Å². The Kier molecular flexibility index (Phi) is 4.49. The summed E-state index contributed by atoms with van der Waals surface area (Å²) in [6, 6.07) is 14.3. The van der Waals surface area contributed by atoms with Crippen LogP contribution in [0.2, 0.25) is 0 Å². The van der Waals surface area contributed by atoms with Crippen molar-refractivity contribution < 1.29 is 5.11 Å². The first-order valence-electron chi connectivity index (χ1n) is 7.33. The summed E-state index contributed by atoms with van der Waals surface area (Å²) in [4.78, 5) is 33.7. The lowest BCUT2D eigenvalue weighted by atomic mass is 10.2. The number of aliphatic hydroxyl groups excluding tert-OH is 1. The Balaban J connectivity index is 2.11. The van der Waals surface area contributed by atoms with E-state index in [1.165, 1.54) is 6.08 Å². The van der Waals surface area contributed by atoms with Crippen molar-refractivity contribution in [2.45, 2.75) is 6.61 Å². The van der Waals surface area contributed by atoms with E-state index in [0.29, 0.717) is 11.4 Å². The zero-order valence-electron chi connectivity index (χ0n) is 12.7. The van der Waals surface area contributed by atoms with E-state index >= 15 is 0 Å². The van der Waals surface area contributed by atoms with Crippen LogP contribution < -0.4 is 21.8 Å². The number of pyridine rings is 1. The minimum absolute atomic E-state index is 0.104. The molecule has 0 radical (unpaired) electrons. The third-order valence-corrected chi connectivity index (χ3v) is 3.38.